The van der Waals surface area contributed by atoms with E-state index in [1.165, 1.54) is 18.4 Å². The molecular weight excluding hydrogens is 326 g/mol. The van der Waals surface area contributed by atoms with Gasteiger partial charge in [-0.05, 0) is 82.1 Å². The summed E-state index contributed by atoms with van der Waals surface area (Å²) in [5.74, 6) is 1.45. The van der Waals surface area contributed by atoms with E-state index in [4.69, 9.17) is 4.74 Å². The Morgan fingerprint density at radius 3 is 2.69 bits per heavy atom. The van der Waals surface area contributed by atoms with Gasteiger partial charge in [-0.2, -0.15) is 0 Å². The molecule has 0 aromatic rings. The van der Waals surface area contributed by atoms with Gasteiger partial charge in [0, 0.05) is 12.0 Å². The third kappa shape index (κ3) is 1.95. The second-order valence-electron chi connectivity index (χ2n) is 9.99. The summed E-state index contributed by atoms with van der Waals surface area (Å²) in [4.78, 5) is 12.9. The van der Waals surface area contributed by atoms with E-state index < -0.39 is 6.10 Å². The molecule has 5 aliphatic rings. The molecule has 144 valence electrons. The van der Waals surface area contributed by atoms with Gasteiger partial charge < -0.3 is 15.2 Å². The number of cyclic esters (lactones) is 1. The molecule has 4 aliphatic carbocycles. The van der Waals surface area contributed by atoms with Gasteiger partial charge in [0.25, 0.3) is 0 Å². The van der Waals surface area contributed by atoms with Gasteiger partial charge in [0.2, 0.25) is 0 Å². The third-order valence-corrected chi connectivity index (χ3v) is 9.35. The standard InChI is InChI=1S/C22H33NO3/c1-12-15-4-5-17-19-16(7-9-22(15,17)20(25)26-12)21(2)8-6-14(23-3)10-13(21)11-18(19)24/h11-12,14-19,23-24H,4-10H2,1-3H3/t12-,14-,15+,16-,17-,18-,19+,21-,22-/m0/s1. The van der Waals surface area contributed by atoms with Gasteiger partial charge in [-0.25, -0.2) is 0 Å². The Labute approximate surface area is 156 Å². The van der Waals surface area contributed by atoms with Gasteiger partial charge in [-0.3, -0.25) is 4.79 Å². The maximum atomic E-state index is 12.9. The fourth-order valence-electron chi connectivity index (χ4n) is 8.04. The topological polar surface area (TPSA) is 58.6 Å². The first kappa shape index (κ1) is 17.2. The van der Waals surface area contributed by atoms with E-state index in [1.54, 1.807) is 0 Å². The van der Waals surface area contributed by atoms with Crippen LogP contribution in [0.1, 0.15) is 58.8 Å². The van der Waals surface area contributed by atoms with Crippen molar-refractivity contribution in [3.05, 3.63) is 11.6 Å². The number of hydrogen-bond donors (Lipinski definition) is 2. The van der Waals surface area contributed by atoms with Gasteiger partial charge in [0.1, 0.15) is 6.10 Å². The van der Waals surface area contributed by atoms with E-state index in [9.17, 15) is 9.90 Å². The average Bonchev–Trinajstić information content (AvgIpc) is 3.12. The molecule has 3 saturated carbocycles. The molecule has 0 aromatic heterocycles. The predicted octanol–water partition coefficient (Wildman–Crippen LogP) is 3.05. The Morgan fingerprint density at radius 2 is 1.92 bits per heavy atom. The van der Waals surface area contributed by atoms with Crippen molar-refractivity contribution in [1.82, 2.24) is 5.32 Å². The van der Waals surface area contributed by atoms with E-state index in [-0.39, 0.29) is 28.8 Å². The van der Waals surface area contributed by atoms with Crippen LogP contribution < -0.4 is 5.32 Å². The molecule has 26 heavy (non-hydrogen) atoms. The first-order chi connectivity index (χ1) is 12.4. The molecule has 4 nitrogen and oxygen atoms in total. The molecule has 0 amide bonds. The Balaban J connectivity index is 1.54. The number of nitrogens with one attached hydrogen (secondary N) is 1. The lowest BCUT2D eigenvalue weighted by Crippen LogP contribution is -2.56. The van der Waals surface area contributed by atoms with Crippen LogP contribution in [-0.4, -0.2) is 36.4 Å². The van der Waals surface area contributed by atoms with Gasteiger partial charge in [-0.15, -0.1) is 0 Å². The average molecular weight is 360 g/mol. The molecule has 0 unspecified atom stereocenters. The van der Waals surface area contributed by atoms with Crippen LogP contribution in [-0.2, 0) is 9.53 Å². The Bertz CT molecular complexity index is 660. The molecule has 0 bridgehead atoms. The minimum atomic E-state index is -0.400. The molecule has 1 spiro atoms. The van der Waals surface area contributed by atoms with Crippen molar-refractivity contribution in [3.63, 3.8) is 0 Å². The lowest BCUT2D eigenvalue weighted by molar-refractivity contribution is -0.159. The zero-order valence-electron chi connectivity index (χ0n) is 16.3. The maximum Gasteiger partial charge on any atom is 0.313 e. The van der Waals surface area contributed by atoms with Gasteiger partial charge in [0.05, 0.1) is 11.5 Å². The summed E-state index contributed by atoms with van der Waals surface area (Å²) in [6.07, 6.45) is 9.51. The third-order valence-electron chi connectivity index (χ3n) is 9.35. The summed E-state index contributed by atoms with van der Waals surface area (Å²) >= 11 is 0. The zero-order valence-corrected chi connectivity index (χ0v) is 16.3. The number of rotatable bonds is 1. The van der Waals surface area contributed by atoms with E-state index in [0.29, 0.717) is 23.8 Å². The number of carbonyl (C=O) groups excluding carboxylic acids is 1. The number of hydrogen-bond acceptors (Lipinski definition) is 4. The fraction of sp³-hybridized carbons (Fsp3) is 0.864. The monoisotopic (exact) mass is 359 g/mol. The molecule has 1 aliphatic heterocycles. The Kier molecular flexibility index (Phi) is 3.70. The van der Waals surface area contributed by atoms with E-state index in [0.717, 1.165) is 32.1 Å². The van der Waals surface area contributed by atoms with Crippen LogP contribution in [0.25, 0.3) is 0 Å². The SMILES string of the molecule is CN[C@H]1CC[C@@]2(C)C(=C[C@H](O)[C@H]3[C@@H]4CC[C@@H]5[C@H](C)OC(=O)[C@@]54CC[C@@H]32)C1. The number of carbonyl (C=O) groups is 1. The van der Waals surface area contributed by atoms with Crippen molar-refractivity contribution >= 4 is 5.97 Å². The lowest BCUT2D eigenvalue weighted by Gasteiger charge is -2.58. The normalized spacial score (nSPS) is 55.3. The quantitative estimate of drug-likeness (QED) is 0.558. The number of fused-ring (bicyclic) bond motifs is 4. The van der Waals surface area contributed by atoms with Gasteiger partial charge >= 0.3 is 5.97 Å². The fourth-order valence-corrected chi connectivity index (χ4v) is 8.04. The van der Waals surface area contributed by atoms with E-state index in [2.05, 4.69) is 25.2 Å². The maximum absolute atomic E-state index is 12.9. The molecule has 4 fully saturated rings. The number of aliphatic hydroxyl groups is 1. The number of ether oxygens (including phenoxy) is 1. The Hall–Kier alpha value is -0.870. The summed E-state index contributed by atoms with van der Waals surface area (Å²) in [6.45, 7) is 4.51. The molecule has 4 heteroatoms. The van der Waals surface area contributed by atoms with Crippen molar-refractivity contribution in [2.24, 2.45) is 34.5 Å². The smallest absolute Gasteiger partial charge is 0.313 e. The van der Waals surface area contributed by atoms with Crippen LogP contribution in [0, 0.1) is 34.5 Å². The molecule has 1 heterocycles. The van der Waals surface area contributed by atoms with E-state index >= 15 is 0 Å². The summed E-state index contributed by atoms with van der Waals surface area (Å²) in [5, 5.41) is 14.6. The number of aliphatic hydroxyl groups excluding tert-OH is 1. The van der Waals surface area contributed by atoms with Crippen LogP contribution in [0.2, 0.25) is 0 Å². The van der Waals surface area contributed by atoms with Gasteiger partial charge in [0.15, 0.2) is 0 Å². The van der Waals surface area contributed by atoms with Crippen LogP contribution in [0.3, 0.4) is 0 Å². The zero-order chi connectivity index (χ0) is 18.3. The van der Waals surface area contributed by atoms with Crippen LogP contribution in [0.4, 0.5) is 0 Å². The summed E-state index contributed by atoms with van der Waals surface area (Å²) in [5.41, 5.74) is 1.36. The second kappa shape index (κ2) is 5.57. The first-order valence-corrected chi connectivity index (χ1v) is 10.7. The molecule has 9 atom stereocenters. The summed E-state index contributed by atoms with van der Waals surface area (Å²) in [6, 6.07) is 0.537. The van der Waals surface area contributed by atoms with Gasteiger partial charge in [-0.1, -0.05) is 18.6 Å². The van der Waals surface area contributed by atoms with Crippen molar-refractivity contribution in [3.8, 4) is 0 Å². The highest BCUT2D eigenvalue weighted by Gasteiger charge is 2.69. The summed E-state index contributed by atoms with van der Waals surface area (Å²) in [7, 11) is 2.05. The Morgan fingerprint density at radius 1 is 1.15 bits per heavy atom. The second-order valence-corrected chi connectivity index (χ2v) is 9.99. The molecular formula is C22H33NO3. The molecule has 0 radical (unpaired) electrons. The minimum absolute atomic E-state index is 0.0435. The minimum Gasteiger partial charge on any atom is -0.462 e. The molecule has 5 rings (SSSR count). The van der Waals surface area contributed by atoms with Crippen molar-refractivity contribution in [2.45, 2.75) is 77.0 Å². The highest BCUT2D eigenvalue weighted by molar-refractivity contribution is 5.81. The van der Waals surface area contributed by atoms with Crippen LogP contribution >= 0.6 is 0 Å². The molecule has 0 aromatic carbocycles. The van der Waals surface area contributed by atoms with E-state index in [1.807, 2.05) is 7.05 Å². The number of esters is 1. The summed E-state index contributed by atoms with van der Waals surface area (Å²) < 4.78 is 5.72. The first-order valence-electron chi connectivity index (χ1n) is 10.7. The highest BCUT2D eigenvalue weighted by Crippen LogP contribution is 2.68. The van der Waals surface area contributed by atoms with Crippen LogP contribution in [0.15, 0.2) is 11.6 Å². The molecule has 2 N–H and O–H groups in total. The predicted molar refractivity (Wildman–Crippen MR) is 99.3 cm³/mol. The lowest BCUT2D eigenvalue weighted by atomic mass is 9.46. The van der Waals surface area contributed by atoms with Crippen LogP contribution in [0.5, 0.6) is 0 Å². The largest absolute Gasteiger partial charge is 0.462 e. The van der Waals surface area contributed by atoms with Crippen molar-refractivity contribution in [1.29, 1.82) is 0 Å². The molecule has 1 saturated heterocycles. The highest BCUT2D eigenvalue weighted by atomic mass is 16.6. The van der Waals surface area contributed by atoms with Crippen molar-refractivity contribution in [2.75, 3.05) is 7.05 Å². The van der Waals surface area contributed by atoms with Crippen molar-refractivity contribution < 1.29 is 14.6 Å².